The molecule has 0 spiro atoms. The van der Waals surface area contributed by atoms with Gasteiger partial charge in [-0.2, -0.15) is 0 Å². The fourth-order valence-corrected chi connectivity index (χ4v) is 3.48. The molecule has 0 bridgehead atoms. The third kappa shape index (κ3) is 7.32. The quantitative estimate of drug-likeness (QED) is 0.476. The molecule has 0 saturated heterocycles. The Morgan fingerprint density at radius 1 is 1.09 bits per heavy atom. The lowest BCUT2D eigenvalue weighted by atomic mass is 10.0. The molecule has 2 amide bonds. The average Bonchev–Trinajstić information content (AvgIpc) is 3.36. The number of carbonyl (C=O) groups is 2. The zero-order valence-electron chi connectivity index (χ0n) is 19.3. The number of ether oxygens (including phenoxy) is 1. The number of aliphatic hydroxyl groups is 1. The van der Waals surface area contributed by atoms with Gasteiger partial charge in [-0.1, -0.05) is 44.2 Å². The Labute approximate surface area is 195 Å². The first-order chi connectivity index (χ1) is 16.0. The van der Waals surface area contributed by atoms with Gasteiger partial charge in [0.05, 0.1) is 13.2 Å². The molecule has 6 nitrogen and oxygen atoms in total. The first-order valence-corrected chi connectivity index (χ1v) is 11.4. The lowest BCUT2D eigenvalue weighted by Gasteiger charge is -2.12. The lowest BCUT2D eigenvalue weighted by Crippen LogP contribution is -2.36. The van der Waals surface area contributed by atoms with Crippen LogP contribution in [0.25, 0.3) is 11.6 Å². The van der Waals surface area contributed by atoms with E-state index in [1.165, 1.54) is 17.6 Å². The van der Waals surface area contributed by atoms with E-state index in [0.717, 1.165) is 18.4 Å². The molecule has 0 saturated carbocycles. The summed E-state index contributed by atoms with van der Waals surface area (Å²) in [7, 11) is 0. The zero-order chi connectivity index (χ0) is 23.6. The van der Waals surface area contributed by atoms with Gasteiger partial charge in [-0.05, 0) is 72.2 Å². The second-order valence-corrected chi connectivity index (χ2v) is 8.46. The Bertz CT molecular complexity index is 1010. The molecule has 0 atom stereocenters. The topological polar surface area (TPSA) is 87.7 Å². The van der Waals surface area contributed by atoms with Crippen LogP contribution in [0.4, 0.5) is 0 Å². The number of benzene rings is 2. The highest BCUT2D eigenvalue weighted by Gasteiger charge is 2.15. The molecule has 2 aromatic rings. The van der Waals surface area contributed by atoms with E-state index < -0.39 is 11.8 Å². The molecular weight excluding hydrogens is 416 g/mol. The normalized spacial score (nSPS) is 13.6. The molecule has 174 valence electrons. The van der Waals surface area contributed by atoms with Crippen LogP contribution in [0.1, 0.15) is 54.6 Å². The van der Waals surface area contributed by atoms with Gasteiger partial charge in [0.25, 0.3) is 11.8 Å². The molecule has 0 aromatic heterocycles. The highest BCUT2D eigenvalue weighted by atomic mass is 16.5. The lowest BCUT2D eigenvalue weighted by molar-refractivity contribution is -0.117. The van der Waals surface area contributed by atoms with Crippen molar-refractivity contribution in [2.24, 2.45) is 5.92 Å². The van der Waals surface area contributed by atoms with Crippen LogP contribution in [-0.4, -0.2) is 36.7 Å². The SMILES string of the molecule is CC(C)COc1ccc(C(=O)NC(=Cc2ccc(C3=CCCC3)cc2)C(=O)NCCO)cc1. The molecule has 0 radical (unpaired) electrons. The summed E-state index contributed by atoms with van der Waals surface area (Å²) in [5, 5.41) is 14.4. The van der Waals surface area contributed by atoms with Crippen molar-refractivity contribution in [1.29, 1.82) is 0 Å². The monoisotopic (exact) mass is 448 g/mol. The minimum absolute atomic E-state index is 0.0982. The summed E-state index contributed by atoms with van der Waals surface area (Å²) in [4.78, 5) is 25.4. The molecule has 0 heterocycles. The number of aliphatic hydroxyl groups excluding tert-OH is 1. The van der Waals surface area contributed by atoms with E-state index in [2.05, 4.69) is 30.6 Å². The summed E-state index contributed by atoms with van der Waals surface area (Å²) in [5.41, 5.74) is 3.85. The van der Waals surface area contributed by atoms with Crippen LogP contribution >= 0.6 is 0 Å². The van der Waals surface area contributed by atoms with Crippen LogP contribution in [0.5, 0.6) is 5.75 Å². The molecule has 2 aromatic carbocycles. The van der Waals surface area contributed by atoms with Gasteiger partial charge in [0, 0.05) is 12.1 Å². The summed E-state index contributed by atoms with van der Waals surface area (Å²) in [6.45, 7) is 4.64. The van der Waals surface area contributed by atoms with Crippen molar-refractivity contribution in [3.63, 3.8) is 0 Å². The average molecular weight is 449 g/mol. The summed E-state index contributed by atoms with van der Waals surface area (Å²) < 4.78 is 5.66. The van der Waals surface area contributed by atoms with E-state index >= 15 is 0 Å². The van der Waals surface area contributed by atoms with Crippen molar-refractivity contribution in [2.75, 3.05) is 19.8 Å². The maximum atomic E-state index is 12.8. The minimum Gasteiger partial charge on any atom is -0.493 e. The van der Waals surface area contributed by atoms with Gasteiger partial charge in [0.2, 0.25) is 0 Å². The molecule has 0 aliphatic heterocycles. The van der Waals surface area contributed by atoms with Crippen molar-refractivity contribution >= 4 is 23.5 Å². The van der Waals surface area contributed by atoms with Crippen LogP contribution < -0.4 is 15.4 Å². The van der Waals surface area contributed by atoms with Crippen molar-refractivity contribution in [1.82, 2.24) is 10.6 Å². The molecular formula is C27H32N2O4. The van der Waals surface area contributed by atoms with Gasteiger partial charge in [0.1, 0.15) is 11.4 Å². The Kier molecular flexibility index (Phi) is 8.84. The summed E-state index contributed by atoms with van der Waals surface area (Å²) in [6.07, 6.45) is 7.28. The van der Waals surface area contributed by atoms with Gasteiger partial charge in [-0.3, -0.25) is 9.59 Å². The minimum atomic E-state index is -0.461. The Hall–Kier alpha value is -3.38. The second-order valence-electron chi connectivity index (χ2n) is 8.46. The maximum Gasteiger partial charge on any atom is 0.267 e. The van der Waals surface area contributed by atoms with E-state index in [0.29, 0.717) is 23.8 Å². The fraction of sp³-hybridized carbons (Fsp3) is 0.333. The van der Waals surface area contributed by atoms with Gasteiger partial charge < -0.3 is 20.5 Å². The van der Waals surface area contributed by atoms with Gasteiger partial charge in [-0.15, -0.1) is 0 Å². The van der Waals surface area contributed by atoms with E-state index in [-0.39, 0.29) is 18.8 Å². The van der Waals surface area contributed by atoms with Crippen LogP contribution in [0.3, 0.4) is 0 Å². The van der Waals surface area contributed by atoms with Crippen LogP contribution in [-0.2, 0) is 4.79 Å². The van der Waals surface area contributed by atoms with Crippen LogP contribution in [0, 0.1) is 5.92 Å². The smallest absolute Gasteiger partial charge is 0.267 e. The van der Waals surface area contributed by atoms with Crippen LogP contribution in [0.2, 0.25) is 0 Å². The molecule has 0 fully saturated rings. The van der Waals surface area contributed by atoms with E-state index in [1.807, 2.05) is 24.3 Å². The highest BCUT2D eigenvalue weighted by molar-refractivity contribution is 6.05. The van der Waals surface area contributed by atoms with Crippen molar-refractivity contribution in [3.8, 4) is 5.75 Å². The fourth-order valence-electron chi connectivity index (χ4n) is 3.48. The predicted molar refractivity (Wildman–Crippen MR) is 131 cm³/mol. The number of hydrogen-bond donors (Lipinski definition) is 3. The molecule has 1 aliphatic carbocycles. The summed E-state index contributed by atoms with van der Waals surface area (Å²) >= 11 is 0. The molecule has 3 rings (SSSR count). The Morgan fingerprint density at radius 3 is 2.42 bits per heavy atom. The third-order valence-electron chi connectivity index (χ3n) is 5.22. The number of hydrogen-bond acceptors (Lipinski definition) is 4. The first-order valence-electron chi connectivity index (χ1n) is 11.4. The predicted octanol–water partition coefficient (Wildman–Crippen LogP) is 4.17. The van der Waals surface area contributed by atoms with Crippen molar-refractivity contribution in [2.45, 2.75) is 33.1 Å². The van der Waals surface area contributed by atoms with E-state index in [9.17, 15) is 9.59 Å². The van der Waals surface area contributed by atoms with Gasteiger partial charge >= 0.3 is 0 Å². The number of allylic oxidation sites excluding steroid dienone is 2. The maximum absolute atomic E-state index is 12.8. The highest BCUT2D eigenvalue weighted by Crippen LogP contribution is 2.27. The van der Waals surface area contributed by atoms with Gasteiger partial charge in [-0.25, -0.2) is 0 Å². The summed E-state index contributed by atoms with van der Waals surface area (Å²) in [5.74, 6) is 0.233. The Balaban J connectivity index is 1.74. The Morgan fingerprint density at radius 2 is 1.82 bits per heavy atom. The molecule has 3 N–H and O–H groups in total. The van der Waals surface area contributed by atoms with E-state index in [1.54, 1.807) is 30.3 Å². The number of nitrogens with one attached hydrogen (secondary N) is 2. The second kappa shape index (κ2) is 12.0. The van der Waals surface area contributed by atoms with Gasteiger partial charge in [0.15, 0.2) is 0 Å². The largest absolute Gasteiger partial charge is 0.493 e. The summed E-state index contributed by atoms with van der Waals surface area (Å²) in [6, 6.07) is 14.7. The first kappa shape index (κ1) is 24.3. The van der Waals surface area contributed by atoms with Crippen LogP contribution in [0.15, 0.2) is 60.3 Å². The molecule has 1 aliphatic rings. The standard InChI is InChI=1S/C27H32N2O4/c1-19(2)18-33-24-13-11-23(12-14-24)26(31)29-25(27(32)28-15-16-30)17-20-7-9-22(10-8-20)21-5-3-4-6-21/h5,7-14,17,19,30H,3-4,6,15-16,18H2,1-2H3,(H,28,32)(H,29,31). The molecule has 6 heteroatoms. The third-order valence-corrected chi connectivity index (χ3v) is 5.22. The van der Waals surface area contributed by atoms with Crippen molar-refractivity contribution < 1.29 is 19.4 Å². The molecule has 0 unspecified atom stereocenters. The number of rotatable bonds is 10. The van der Waals surface area contributed by atoms with E-state index in [4.69, 9.17) is 9.84 Å². The van der Waals surface area contributed by atoms with Crippen molar-refractivity contribution in [3.05, 3.63) is 77.0 Å². The zero-order valence-corrected chi connectivity index (χ0v) is 19.3. The molecule has 33 heavy (non-hydrogen) atoms. The number of carbonyl (C=O) groups excluding carboxylic acids is 2. The number of amides is 2.